The molecule has 0 aromatic heterocycles. The predicted molar refractivity (Wildman–Crippen MR) is 82.5 cm³/mol. The van der Waals surface area contributed by atoms with Crippen LogP contribution in [0.1, 0.15) is 24.0 Å². The van der Waals surface area contributed by atoms with Gasteiger partial charge in [-0.05, 0) is 49.1 Å². The number of methoxy groups -OCH3 is 1. The van der Waals surface area contributed by atoms with Crippen LogP contribution in [0.5, 0.6) is 5.75 Å². The number of nitrogens with one attached hydrogen (secondary N) is 2. The van der Waals surface area contributed by atoms with Gasteiger partial charge < -0.3 is 20.5 Å². The smallest absolute Gasteiger partial charge is 0.404 e. The van der Waals surface area contributed by atoms with Crippen LogP contribution in [0.25, 0.3) is 0 Å². The highest BCUT2D eigenvalue weighted by Crippen LogP contribution is 2.43. The first-order valence-corrected chi connectivity index (χ1v) is 7.48. The minimum atomic E-state index is -0.961. The molecule has 2 aliphatic rings. The van der Waals surface area contributed by atoms with Crippen molar-refractivity contribution in [1.82, 2.24) is 10.6 Å². The van der Waals surface area contributed by atoms with Gasteiger partial charge in [-0.15, -0.1) is 0 Å². The van der Waals surface area contributed by atoms with Crippen molar-refractivity contribution in [3.05, 3.63) is 28.3 Å². The molecule has 0 saturated carbocycles. The van der Waals surface area contributed by atoms with Crippen molar-refractivity contribution < 1.29 is 14.6 Å². The first-order valence-electron chi connectivity index (χ1n) is 7.10. The van der Waals surface area contributed by atoms with E-state index in [9.17, 15) is 4.79 Å². The van der Waals surface area contributed by atoms with Crippen LogP contribution < -0.4 is 15.4 Å². The number of ether oxygens (including phenoxy) is 1. The van der Waals surface area contributed by atoms with E-state index >= 15 is 0 Å². The van der Waals surface area contributed by atoms with Gasteiger partial charge in [0.25, 0.3) is 0 Å². The van der Waals surface area contributed by atoms with Gasteiger partial charge in [0.15, 0.2) is 0 Å². The van der Waals surface area contributed by atoms with Crippen LogP contribution in [0.2, 0.25) is 5.02 Å². The van der Waals surface area contributed by atoms with Crippen LogP contribution in [0.4, 0.5) is 4.79 Å². The summed E-state index contributed by atoms with van der Waals surface area (Å²) in [7, 11) is 1.67. The molecule has 0 radical (unpaired) electrons. The standard InChI is InChI=1S/C12H14ClNO.C3H7NO2/c1-15-12-4-9-7(3-11(12)13)2-8-5-14-6-10(8)9;1-2-4-3(5)6/h3-4,8,10,14H,2,5-6H2,1H3;4H,2H2,1H3,(H,5,6). The van der Waals surface area contributed by atoms with Gasteiger partial charge in [0.05, 0.1) is 12.1 Å². The Morgan fingerprint density at radius 1 is 1.52 bits per heavy atom. The Kier molecular flexibility index (Phi) is 5.31. The highest BCUT2D eigenvalue weighted by atomic mass is 35.5. The van der Waals surface area contributed by atoms with Gasteiger partial charge in [-0.3, -0.25) is 0 Å². The SMILES string of the molecule is CCNC(=O)O.COc1cc2c(cc1Cl)CC1CNCC21. The summed E-state index contributed by atoms with van der Waals surface area (Å²) in [6.07, 6.45) is 0.203. The third kappa shape index (κ3) is 3.60. The second-order valence-electron chi connectivity index (χ2n) is 5.25. The topological polar surface area (TPSA) is 70.6 Å². The summed E-state index contributed by atoms with van der Waals surface area (Å²) in [4.78, 5) is 9.49. The number of halogens is 1. The van der Waals surface area contributed by atoms with E-state index in [0.29, 0.717) is 12.5 Å². The minimum absolute atomic E-state index is 0.481. The molecule has 21 heavy (non-hydrogen) atoms. The molecule has 116 valence electrons. The summed E-state index contributed by atoms with van der Waals surface area (Å²) in [6, 6.07) is 4.20. The Morgan fingerprint density at radius 2 is 2.29 bits per heavy atom. The maximum Gasteiger partial charge on any atom is 0.404 e. The molecule has 1 fully saturated rings. The molecule has 3 N–H and O–H groups in total. The van der Waals surface area contributed by atoms with Gasteiger partial charge in [-0.25, -0.2) is 4.79 Å². The molecule has 5 nitrogen and oxygen atoms in total. The number of rotatable bonds is 2. The Hall–Kier alpha value is -1.46. The number of fused-ring (bicyclic) bond motifs is 3. The summed E-state index contributed by atoms with van der Waals surface area (Å²) in [5.41, 5.74) is 2.85. The third-order valence-corrected chi connectivity index (χ3v) is 4.26. The average Bonchev–Trinajstić information content (AvgIpc) is 2.98. The van der Waals surface area contributed by atoms with E-state index in [0.717, 1.165) is 36.2 Å². The van der Waals surface area contributed by atoms with Crippen LogP contribution in [0.15, 0.2) is 12.1 Å². The maximum atomic E-state index is 9.49. The minimum Gasteiger partial charge on any atom is -0.495 e. The van der Waals surface area contributed by atoms with Crippen molar-refractivity contribution >= 4 is 17.7 Å². The number of hydrogen-bond acceptors (Lipinski definition) is 3. The molecule has 1 heterocycles. The van der Waals surface area contributed by atoms with Gasteiger partial charge >= 0.3 is 6.09 Å². The fourth-order valence-electron chi connectivity index (χ4n) is 3.03. The predicted octanol–water partition coefficient (Wildman–Crippen LogP) is 2.48. The van der Waals surface area contributed by atoms with Crippen molar-refractivity contribution in [2.24, 2.45) is 5.92 Å². The second kappa shape index (κ2) is 7.00. The van der Waals surface area contributed by atoms with E-state index in [1.165, 1.54) is 11.1 Å². The molecule has 1 saturated heterocycles. The van der Waals surface area contributed by atoms with E-state index in [-0.39, 0.29) is 0 Å². The zero-order valence-electron chi connectivity index (χ0n) is 12.3. The van der Waals surface area contributed by atoms with E-state index in [2.05, 4.69) is 22.8 Å². The number of carbonyl (C=O) groups is 1. The zero-order valence-corrected chi connectivity index (χ0v) is 13.0. The lowest BCUT2D eigenvalue weighted by atomic mass is 9.96. The lowest BCUT2D eigenvalue weighted by Gasteiger charge is -2.10. The summed E-state index contributed by atoms with van der Waals surface area (Å²) >= 11 is 6.12. The molecular weight excluding hydrogens is 292 g/mol. The summed E-state index contributed by atoms with van der Waals surface area (Å²) in [5, 5.41) is 14.1. The molecule has 0 spiro atoms. The number of amides is 1. The van der Waals surface area contributed by atoms with E-state index in [1.807, 2.05) is 0 Å². The molecule has 1 aliphatic carbocycles. The van der Waals surface area contributed by atoms with E-state index in [1.54, 1.807) is 14.0 Å². The second-order valence-corrected chi connectivity index (χ2v) is 5.66. The molecule has 2 atom stereocenters. The van der Waals surface area contributed by atoms with E-state index in [4.69, 9.17) is 21.4 Å². The Labute approximate surface area is 129 Å². The molecular formula is C15H21ClN2O3. The van der Waals surface area contributed by atoms with E-state index < -0.39 is 6.09 Å². The molecule has 6 heteroatoms. The van der Waals surface area contributed by atoms with Crippen LogP contribution >= 0.6 is 11.6 Å². The Balaban J connectivity index is 0.000000232. The average molecular weight is 313 g/mol. The molecule has 0 bridgehead atoms. The van der Waals surface area contributed by atoms with Gasteiger partial charge in [0.2, 0.25) is 0 Å². The van der Waals surface area contributed by atoms with Crippen molar-refractivity contribution in [1.29, 1.82) is 0 Å². The van der Waals surface area contributed by atoms with Crippen LogP contribution in [-0.4, -0.2) is 37.9 Å². The summed E-state index contributed by atoms with van der Waals surface area (Å²) in [5.74, 6) is 2.25. The molecule has 1 aromatic carbocycles. The highest BCUT2D eigenvalue weighted by molar-refractivity contribution is 6.32. The third-order valence-electron chi connectivity index (χ3n) is 3.96. The number of carboxylic acid groups (broad SMARTS) is 1. The normalized spacial score (nSPS) is 21.9. The van der Waals surface area contributed by atoms with Gasteiger partial charge in [-0.2, -0.15) is 0 Å². The fraction of sp³-hybridized carbons (Fsp3) is 0.533. The largest absolute Gasteiger partial charge is 0.495 e. The molecule has 2 unspecified atom stereocenters. The first kappa shape index (κ1) is 15.9. The van der Waals surface area contributed by atoms with Crippen LogP contribution in [0, 0.1) is 5.92 Å². The quantitative estimate of drug-likeness (QED) is 0.784. The number of benzene rings is 1. The lowest BCUT2D eigenvalue weighted by Crippen LogP contribution is -2.19. The first-order chi connectivity index (χ1) is 10.1. The molecule has 1 amide bonds. The number of hydrogen-bond donors (Lipinski definition) is 3. The maximum absolute atomic E-state index is 9.49. The summed E-state index contributed by atoms with van der Waals surface area (Å²) < 4.78 is 5.27. The molecule has 3 rings (SSSR count). The monoisotopic (exact) mass is 312 g/mol. The Morgan fingerprint density at radius 3 is 2.86 bits per heavy atom. The Bertz CT molecular complexity index is 522. The lowest BCUT2D eigenvalue weighted by molar-refractivity contribution is 0.195. The van der Waals surface area contributed by atoms with Gasteiger partial charge in [-0.1, -0.05) is 11.6 Å². The molecule has 1 aromatic rings. The van der Waals surface area contributed by atoms with Crippen molar-refractivity contribution in [3.63, 3.8) is 0 Å². The highest BCUT2D eigenvalue weighted by Gasteiger charge is 2.36. The van der Waals surface area contributed by atoms with Crippen LogP contribution in [-0.2, 0) is 6.42 Å². The zero-order chi connectivity index (χ0) is 15.4. The van der Waals surface area contributed by atoms with Crippen molar-refractivity contribution in [3.8, 4) is 5.75 Å². The van der Waals surface area contributed by atoms with Gasteiger partial charge in [0, 0.05) is 19.0 Å². The van der Waals surface area contributed by atoms with Gasteiger partial charge in [0.1, 0.15) is 5.75 Å². The van der Waals surface area contributed by atoms with Crippen LogP contribution in [0.3, 0.4) is 0 Å². The summed E-state index contributed by atoms with van der Waals surface area (Å²) in [6.45, 7) is 4.45. The van der Waals surface area contributed by atoms with Crippen molar-refractivity contribution in [2.45, 2.75) is 19.3 Å². The van der Waals surface area contributed by atoms with Crippen molar-refractivity contribution in [2.75, 3.05) is 26.7 Å². The fourth-order valence-corrected chi connectivity index (χ4v) is 3.30. The molecule has 1 aliphatic heterocycles.